The highest BCUT2D eigenvalue weighted by Gasteiger charge is 2.52. The SMILES string of the molecule is COc1ccc(C2=NN3[C@@H](C2)c2ccccc2OC32CCC(c3ccccc3)CC2)cc1OC. The van der Waals surface area contributed by atoms with Crippen LogP contribution >= 0.6 is 0 Å². The molecular weight excluding hydrogens is 424 g/mol. The zero-order valence-electron chi connectivity index (χ0n) is 19.7. The van der Waals surface area contributed by atoms with Crippen LogP contribution in [0.3, 0.4) is 0 Å². The first-order valence-electron chi connectivity index (χ1n) is 12.1. The molecule has 0 saturated heterocycles. The second-order valence-electron chi connectivity index (χ2n) is 9.45. The molecule has 5 heteroatoms. The zero-order chi connectivity index (χ0) is 23.1. The van der Waals surface area contributed by atoms with E-state index in [0.29, 0.717) is 5.92 Å². The summed E-state index contributed by atoms with van der Waals surface area (Å²) in [5.41, 5.74) is 4.38. The molecule has 6 rings (SSSR count). The van der Waals surface area contributed by atoms with Gasteiger partial charge in [0.25, 0.3) is 0 Å². The minimum Gasteiger partial charge on any atom is -0.493 e. The number of ether oxygens (including phenoxy) is 3. The lowest BCUT2D eigenvalue weighted by Gasteiger charge is -2.50. The van der Waals surface area contributed by atoms with Gasteiger partial charge in [0.2, 0.25) is 0 Å². The summed E-state index contributed by atoms with van der Waals surface area (Å²) in [7, 11) is 3.33. The molecule has 34 heavy (non-hydrogen) atoms. The molecule has 2 aliphatic heterocycles. The van der Waals surface area contributed by atoms with E-state index in [9.17, 15) is 0 Å². The Labute approximate surface area is 201 Å². The van der Waals surface area contributed by atoms with Crippen LogP contribution in [0, 0.1) is 0 Å². The van der Waals surface area contributed by atoms with Crippen molar-refractivity contribution in [3.63, 3.8) is 0 Å². The van der Waals surface area contributed by atoms with Crippen molar-refractivity contribution in [2.75, 3.05) is 14.2 Å². The normalized spacial score (nSPS) is 25.2. The highest BCUT2D eigenvalue weighted by Crippen LogP contribution is 2.53. The maximum Gasteiger partial charge on any atom is 0.198 e. The number of nitrogens with zero attached hydrogens (tertiary/aromatic N) is 2. The zero-order valence-corrected chi connectivity index (χ0v) is 19.7. The number of methoxy groups -OCH3 is 2. The number of hydrogen-bond acceptors (Lipinski definition) is 5. The van der Waals surface area contributed by atoms with E-state index >= 15 is 0 Å². The van der Waals surface area contributed by atoms with Crippen LogP contribution in [-0.2, 0) is 0 Å². The fourth-order valence-corrected chi connectivity index (χ4v) is 5.88. The first-order valence-corrected chi connectivity index (χ1v) is 12.1. The Morgan fingerprint density at radius 3 is 2.38 bits per heavy atom. The van der Waals surface area contributed by atoms with Gasteiger partial charge in [-0.05, 0) is 48.6 Å². The molecular formula is C29H30N2O3. The average molecular weight is 455 g/mol. The van der Waals surface area contributed by atoms with Crippen LogP contribution in [0.4, 0.5) is 0 Å². The molecule has 0 amide bonds. The number of hydrogen-bond donors (Lipinski definition) is 0. The Hall–Kier alpha value is -3.47. The lowest BCUT2D eigenvalue weighted by molar-refractivity contribution is -0.142. The van der Waals surface area contributed by atoms with Crippen molar-refractivity contribution in [1.82, 2.24) is 5.01 Å². The predicted molar refractivity (Wildman–Crippen MR) is 133 cm³/mol. The van der Waals surface area contributed by atoms with Crippen LogP contribution in [0.1, 0.15) is 60.8 Å². The van der Waals surface area contributed by atoms with Gasteiger partial charge >= 0.3 is 0 Å². The van der Waals surface area contributed by atoms with Crippen LogP contribution in [0.2, 0.25) is 0 Å². The van der Waals surface area contributed by atoms with Crippen molar-refractivity contribution >= 4 is 5.71 Å². The highest BCUT2D eigenvalue weighted by molar-refractivity contribution is 6.02. The van der Waals surface area contributed by atoms with Crippen LogP contribution in [-0.4, -0.2) is 30.7 Å². The van der Waals surface area contributed by atoms with Crippen molar-refractivity contribution in [2.24, 2.45) is 5.10 Å². The van der Waals surface area contributed by atoms with Crippen LogP contribution in [0.25, 0.3) is 0 Å². The minimum absolute atomic E-state index is 0.182. The van der Waals surface area contributed by atoms with E-state index in [1.165, 1.54) is 11.1 Å². The molecule has 3 aromatic carbocycles. The van der Waals surface area contributed by atoms with Gasteiger partial charge in [0.15, 0.2) is 17.2 Å². The largest absolute Gasteiger partial charge is 0.493 e. The maximum atomic E-state index is 6.80. The van der Waals surface area contributed by atoms with Gasteiger partial charge in [0.1, 0.15) is 5.75 Å². The topological polar surface area (TPSA) is 43.3 Å². The summed E-state index contributed by atoms with van der Waals surface area (Å²) in [5.74, 6) is 3.03. The summed E-state index contributed by atoms with van der Waals surface area (Å²) in [6, 6.07) is 25.6. The number of para-hydroxylation sites is 1. The highest BCUT2D eigenvalue weighted by atomic mass is 16.5. The van der Waals surface area contributed by atoms with Crippen LogP contribution in [0.5, 0.6) is 17.2 Å². The van der Waals surface area contributed by atoms with Gasteiger partial charge in [-0.1, -0.05) is 48.5 Å². The summed E-state index contributed by atoms with van der Waals surface area (Å²) in [6.45, 7) is 0. The molecule has 2 heterocycles. The summed E-state index contributed by atoms with van der Waals surface area (Å²) in [6.07, 6.45) is 4.95. The molecule has 174 valence electrons. The standard InChI is InChI=1S/C29H30N2O3/c1-32-27-13-12-22(18-28(27)33-2)24-19-25-23-10-6-7-11-26(23)34-29(31(25)30-24)16-14-21(15-17-29)20-8-4-3-5-9-20/h3-13,18,21,25H,14-17,19H2,1-2H3/t21?,25-,29?/m0/s1. The Bertz CT molecular complexity index is 1220. The molecule has 0 radical (unpaired) electrons. The number of rotatable bonds is 4. The third-order valence-electron chi connectivity index (χ3n) is 7.66. The molecule has 1 aliphatic carbocycles. The molecule has 1 fully saturated rings. The Kier molecular flexibility index (Phi) is 5.20. The van der Waals surface area contributed by atoms with Crippen molar-refractivity contribution in [1.29, 1.82) is 0 Å². The molecule has 3 aromatic rings. The molecule has 1 spiro atoms. The predicted octanol–water partition coefficient (Wildman–Crippen LogP) is 6.30. The average Bonchev–Trinajstić information content (AvgIpc) is 3.36. The number of fused-ring (bicyclic) bond motifs is 4. The van der Waals surface area contributed by atoms with Gasteiger partial charge in [0, 0.05) is 30.4 Å². The molecule has 5 nitrogen and oxygen atoms in total. The van der Waals surface area contributed by atoms with Gasteiger partial charge < -0.3 is 14.2 Å². The van der Waals surface area contributed by atoms with Crippen molar-refractivity contribution in [2.45, 2.75) is 49.8 Å². The van der Waals surface area contributed by atoms with Crippen molar-refractivity contribution in [3.8, 4) is 17.2 Å². The first kappa shape index (κ1) is 21.1. The first-order chi connectivity index (χ1) is 16.7. The molecule has 0 aromatic heterocycles. The third kappa shape index (κ3) is 3.42. The molecule has 3 aliphatic rings. The molecule has 1 saturated carbocycles. The molecule has 0 unspecified atom stereocenters. The quantitative estimate of drug-likeness (QED) is 0.464. The summed E-state index contributed by atoms with van der Waals surface area (Å²) < 4.78 is 17.8. The lowest BCUT2D eigenvalue weighted by atomic mass is 9.78. The summed E-state index contributed by atoms with van der Waals surface area (Å²) in [5, 5.41) is 7.49. The fraction of sp³-hybridized carbons (Fsp3) is 0.345. The van der Waals surface area contributed by atoms with Gasteiger partial charge in [0.05, 0.1) is 26.0 Å². The Morgan fingerprint density at radius 1 is 0.882 bits per heavy atom. The Balaban J connectivity index is 1.35. The molecule has 0 bridgehead atoms. The van der Waals surface area contributed by atoms with Crippen molar-refractivity contribution < 1.29 is 14.2 Å². The van der Waals surface area contributed by atoms with E-state index in [1.54, 1.807) is 14.2 Å². The van der Waals surface area contributed by atoms with Gasteiger partial charge in [-0.25, -0.2) is 5.01 Å². The molecule has 0 N–H and O–H groups in total. The van der Waals surface area contributed by atoms with E-state index in [0.717, 1.165) is 60.6 Å². The van der Waals surface area contributed by atoms with E-state index in [4.69, 9.17) is 19.3 Å². The number of hydrazone groups is 1. The smallest absolute Gasteiger partial charge is 0.198 e. The summed E-state index contributed by atoms with van der Waals surface area (Å²) >= 11 is 0. The number of benzene rings is 3. The van der Waals surface area contributed by atoms with E-state index in [2.05, 4.69) is 65.7 Å². The van der Waals surface area contributed by atoms with Crippen molar-refractivity contribution in [3.05, 3.63) is 89.5 Å². The second kappa shape index (κ2) is 8.39. The fourth-order valence-electron chi connectivity index (χ4n) is 5.88. The van der Waals surface area contributed by atoms with Gasteiger partial charge in [-0.15, -0.1) is 0 Å². The molecule has 1 atom stereocenters. The maximum absolute atomic E-state index is 6.80. The third-order valence-corrected chi connectivity index (χ3v) is 7.66. The van der Waals surface area contributed by atoms with Gasteiger partial charge in [-0.2, -0.15) is 5.10 Å². The monoisotopic (exact) mass is 454 g/mol. The lowest BCUT2D eigenvalue weighted by Crippen LogP contribution is -2.55. The minimum atomic E-state index is -0.400. The van der Waals surface area contributed by atoms with Crippen LogP contribution < -0.4 is 14.2 Å². The van der Waals surface area contributed by atoms with Crippen LogP contribution in [0.15, 0.2) is 77.9 Å². The van der Waals surface area contributed by atoms with E-state index in [1.807, 2.05) is 12.1 Å². The Morgan fingerprint density at radius 2 is 1.62 bits per heavy atom. The second-order valence-corrected chi connectivity index (χ2v) is 9.45. The van der Waals surface area contributed by atoms with E-state index in [-0.39, 0.29) is 6.04 Å². The van der Waals surface area contributed by atoms with Gasteiger partial charge in [-0.3, -0.25) is 0 Å². The summed E-state index contributed by atoms with van der Waals surface area (Å²) in [4.78, 5) is 0. The van der Waals surface area contributed by atoms with E-state index < -0.39 is 5.72 Å².